The molecule has 106 valence electrons. The Labute approximate surface area is 121 Å². The Morgan fingerprint density at radius 3 is 2.86 bits per heavy atom. The molecule has 0 saturated heterocycles. The van der Waals surface area contributed by atoms with Crippen LogP contribution in [0.4, 0.5) is 0 Å². The van der Waals surface area contributed by atoms with E-state index in [2.05, 4.69) is 10.1 Å². The predicted molar refractivity (Wildman–Crippen MR) is 78.2 cm³/mol. The molecule has 0 radical (unpaired) electrons. The van der Waals surface area contributed by atoms with Crippen LogP contribution in [0.3, 0.4) is 0 Å². The van der Waals surface area contributed by atoms with E-state index in [1.54, 1.807) is 29.0 Å². The molecule has 0 amide bonds. The number of aryl methyl sites for hydroxylation is 1. The van der Waals surface area contributed by atoms with E-state index in [1.807, 2.05) is 31.2 Å². The summed E-state index contributed by atoms with van der Waals surface area (Å²) in [4.78, 5) is 16.0. The maximum Gasteiger partial charge on any atom is 0.312 e. The molecule has 5 nitrogen and oxygen atoms in total. The summed E-state index contributed by atoms with van der Waals surface area (Å²) in [5.41, 5.74) is 3.33. The number of benzene rings is 1. The van der Waals surface area contributed by atoms with Crippen LogP contribution < -0.4 is 0 Å². The molecule has 5 heteroatoms. The van der Waals surface area contributed by atoms with Gasteiger partial charge in [-0.25, -0.2) is 9.50 Å². The maximum atomic E-state index is 11.6. The van der Waals surface area contributed by atoms with Crippen molar-refractivity contribution in [2.24, 2.45) is 0 Å². The lowest BCUT2D eigenvalue weighted by Crippen LogP contribution is -2.16. The quantitative estimate of drug-likeness (QED) is 0.797. The van der Waals surface area contributed by atoms with Crippen LogP contribution in [0.5, 0.6) is 0 Å². The van der Waals surface area contributed by atoms with E-state index in [9.17, 15) is 9.90 Å². The summed E-state index contributed by atoms with van der Waals surface area (Å²) in [5.74, 6) is -1.53. The third-order valence-electron chi connectivity index (χ3n) is 3.62. The van der Waals surface area contributed by atoms with Crippen molar-refractivity contribution in [1.82, 2.24) is 14.6 Å². The van der Waals surface area contributed by atoms with Crippen LogP contribution in [-0.4, -0.2) is 25.7 Å². The molecule has 3 aromatic rings. The molecule has 1 N–H and O–H groups in total. The summed E-state index contributed by atoms with van der Waals surface area (Å²) in [6.45, 7) is 1.99. The minimum atomic E-state index is -0.866. The van der Waals surface area contributed by atoms with Crippen LogP contribution in [0.25, 0.3) is 5.65 Å². The second-order valence-corrected chi connectivity index (χ2v) is 5.01. The van der Waals surface area contributed by atoms with Crippen molar-refractivity contribution in [3.8, 4) is 0 Å². The lowest BCUT2D eigenvalue weighted by molar-refractivity contribution is -0.138. The maximum absolute atomic E-state index is 11.6. The Kier molecular flexibility index (Phi) is 3.39. The second-order valence-electron chi connectivity index (χ2n) is 5.01. The topological polar surface area (TPSA) is 67.5 Å². The normalized spacial score (nSPS) is 12.4. The fourth-order valence-corrected chi connectivity index (χ4v) is 2.40. The number of carboxylic acid groups (broad SMARTS) is 1. The first-order valence-corrected chi connectivity index (χ1v) is 6.73. The highest BCUT2D eigenvalue weighted by atomic mass is 16.4. The highest BCUT2D eigenvalue weighted by Gasteiger charge is 2.22. The van der Waals surface area contributed by atoms with Gasteiger partial charge in [-0.2, -0.15) is 5.10 Å². The van der Waals surface area contributed by atoms with E-state index in [0.717, 1.165) is 11.1 Å². The molecule has 0 saturated carbocycles. The number of aliphatic carboxylic acids is 1. The van der Waals surface area contributed by atoms with Crippen LogP contribution in [0.15, 0.2) is 48.8 Å². The van der Waals surface area contributed by atoms with Gasteiger partial charge >= 0.3 is 5.97 Å². The third-order valence-corrected chi connectivity index (χ3v) is 3.62. The second kappa shape index (κ2) is 5.36. The van der Waals surface area contributed by atoms with Crippen LogP contribution >= 0.6 is 0 Å². The summed E-state index contributed by atoms with van der Waals surface area (Å²) in [7, 11) is 0. The van der Waals surface area contributed by atoms with E-state index in [4.69, 9.17) is 0 Å². The highest BCUT2D eigenvalue weighted by Crippen LogP contribution is 2.22. The van der Waals surface area contributed by atoms with Gasteiger partial charge in [0.25, 0.3) is 0 Å². The van der Waals surface area contributed by atoms with Gasteiger partial charge < -0.3 is 5.11 Å². The van der Waals surface area contributed by atoms with Crippen molar-refractivity contribution in [2.75, 3.05) is 0 Å². The van der Waals surface area contributed by atoms with Gasteiger partial charge in [-0.1, -0.05) is 24.3 Å². The zero-order chi connectivity index (χ0) is 14.8. The largest absolute Gasteiger partial charge is 0.481 e. The molecule has 0 spiro atoms. The molecule has 2 aromatic heterocycles. The molecular weight excluding hydrogens is 266 g/mol. The van der Waals surface area contributed by atoms with Gasteiger partial charge in [0, 0.05) is 12.3 Å². The average Bonchev–Trinajstić information content (AvgIpc) is 2.93. The molecule has 1 aromatic carbocycles. The summed E-state index contributed by atoms with van der Waals surface area (Å²) in [6, 6.07) is 11.3. The van der Waals surface area contributed by atoms with Gasteiger partial charge in [0.05, 0.1) is 11.9 Å². The average molecular weight is 281 g/mol. The first kappa shape index (κ1) is 13.3. The Bertz CT molecular complexity index is 795. The van der Waals surface area contributed by atoms with Crippen molar-refractivity contribution in [3.05, 3.63) is 65.6 Å². The fourth-order valence-electron chi connectivity index (χ4n) is 2.40. The third kappa shape index (κ3) is 2.63. The zero-order valence-electron chi connectivity index (χ0n) is 11.6. The Morgan fingerprint density at radius 1 is 1.29 bits per heavy atom. The van der Waals surface area contributed by atoms with Crippen molar-refractivity contribution in [2.45, 2.75) is 19.3 Å². The van der Waals surface area contributed by atoms with E-state index in [1.165, 1.54) is 0 Å². The molecule has 0 bridgehead atoms. The van der Waals surface area contributed by atoms with Crippen LogP contribution in [0.1, 0.15) is 22.7 Å². The standard InChI is InChI=1S/C16H15N3O2/c1-11-4-2-3-5-12(11)10-13(16(20)21)14-7-9-19-15(18-14)6-8-17-19/h2-9,13H,10H2,1H3,(H,20,21). The van der Waals surface area contributed by atoms with Gasteiger partial charge in [-0.3, -0.25) is 4.79 Å². The molecule has 0 fully saturated rings. The molecule has 0 aliphatic rings. The summed E-state index contributed by atoms with van der Waals surface area (Å²) in [6.07, 6.45) is 3.81. The molecule has 21 heavy (non-hydrogen) atoms. The lowest BCUT2D eigenvalue weighted by atomic mass is 9.93. The number of carbonyl (C=O) groups is 1. The Balaban J connectivity index is 1.97. The Hall–Kier alpha value is -2.69. The van der Waals surface area contributed by atoms with E-state index in [0.29, 0.717) is 17.8 Å². The SMILES string of the molecule is Cc1ccccc1CC(C(=O)O)c1ccn2nccc2n1. The van der Waals surface area contributed by atoms with Gasteiger partial charge in [-0.15, -0.1) is 0 Å². The molecule has 2 heterocycles. The van der Waals surface area contributed by atoms with Crippen molar-refractivity contribution < 1.29 is 9.90 Å². The number of aromatic nitrogens is 3. The van der Waals surface area contributed by atoms with Gasteiger partial charge in [0.2, 0.25) is 0 Å². The lowest BCUT2D eigenvalue weighted by Gasteiger charge is -2.13. The summed E-state index contributed by atoms with van der Waals surface area (Å²) < 4.78 is 1.62. The molecular formula is C16H15N3O2. The van der Waals surface area contributed by atoms with Crippen molar-refractivity contribution >= 4 is 11.6 Å². The smallest absolute Gasteiger partial charge is 0.312 e. The van der Waals surface area contributed by atoms with E-state index >= 15 is 0 Å². The number of carboxylic acids is 1. The monoisotopic (exact) mass is 281 g/mol. The molecule has 0 aliphatic carbocycles. The fraction of sp³-hybridized carbons (Fsp3) is 0.188. The van der Waals surface area contributed by atoms with Crippen LogP contribution in [0.2, 0.25) is 0 Å². The van der Waals surface area contributed by atoms with Crippen LogP contribution in [0, 0.1) is 6.92 Å². The number of fused-ring (bicyclic) bond motifs is 1. The highest BCUT2D eigenvalue weighted by molar-refractivity contribution is 5.76. The zero-order valence-corrected chi connectivity index (χ0v) is 11.6. The molecule has 1 unspecified atom stereocenters. The Morgan fingerprint density at radius 2 is 2.10 bits per heavy atom. The molecule has 0 aliphatic heterocycles. The minimum Gasteiger partial charge on any atom is -0.481 e. The van der Waals surface area contributed by atoms with Gasteiger partial charge in [-0.05, 0) is 30.5 Å². The summed E-state index contributed by atoms with van der Waals surface area (Å²) >= 11 is 0. The van der Waals surface area contributed by atoms with Crippen molar-refractivity contribution in [1.29, 1.82) is 0 Å². The number of rotatable bonds is 4. The number of hydrogen-bond acceptors (Lipinski definition) is 3. The number of hydrogen-bond donors (Lipinski definition) is 1. The minimum absolute atomic E-state index is 0.430. The first-order valence-electron chi connectivity index (χ1n) is 6.73. The first-order chi connectivity index (χ1) is 10.1. The van der Waals surface area contributed by atoms with Crippen LogP contribution in [-0.2, 0) is 11.2 Å². The van der Waals surface area contributed by atoms with E-state index < -0.39 is 11.9 Å². The predicted octanol–water partition coefficient (Wildman–Crippen LogP) is 2.45. The molecule has 1 atom stereocenters. The summed E-state index contributed by atoms with van der Waals surface area (Å²) in [5, 5.41) is 13.6. The van der Waals surface area contributed by atoms with E-state index in [-0.39, 0.29) is 0 Å². The van der Waals surface area contributed by atoms with Gasteiger partial charge in [0.1, 0.15) is 5.92 Å². The van der Waals surface area contributed by atoms with Crippen molar-refractivity contribution in [3.63, 3.8) is 0 Å². The number of nitrogens with zero attached hydrogens (tertiary/aromatic N) is 3. The van der Waals surface area contributed by atoms with Gasteiger partial charge in [0.15, 0.2) is 5.65 Å². The molecule has 3 rings (SSSR count).